The molecule has 0 bridgehead atoms. The van der Waals surface area contributed by atoms with Crippen LogP contribution in [0, 0.1) is 0 Å². The molecule has 2 aromatic carbocycles. The lowest BCUT2D eigenvalue weighted by atomic mass is 10.0. The summed E-state index contributed by atoms with van der Waals surface area (Å²) in [6, 6.07) is 17.2. The normalized spacial score (nSPS) is 14.0. The zero-order valence-electron chi connectivity index (χ0n) is 15.0. The molecule has 4 nitrogen and oxygen atoms in total. The number of benzene rings is 2. The van der Waals surface area contributed by atoms with Gasteiger partial charge >= 0.3 is 0 Å². The minimum atomic E-state index is 0. The van der Waals surface area contributed by atoms with Crippen LogP contribution >= 0.6 is 24.0 Å². The van der Waals surface area contributed by atoms with Crippen LogP contribution in [0.5, 0.6) is 0 Å². The second-order valence-corrected chi connectivity index (χ2v) is 6.52. The number of nitrogens with one attached hydrogen (secondary N) is 2. The average Bonchev–Trinajstić information content (AvgIpc) is 3.08. The molecule has 0 saturated carbocycles. The maximum absolute atomic E-state index is 4.49. The van der Waals surface area contributed by atoms with Gasteiger partial charge in [-0.1, -0.05) is 42.5 Å². The zero-order chi connectivity index (χ0) is 17.1. The highest BCUT2D eigenvalue weighted by atomic mass is 127. The number of aromatic amines is 1. The number of guanidine groups is 1. The third-order valence-electron chi connectivity index (χ3n) is 4.99. The lowest BCUT2D eigenvalue weighted by molar-refractivity contribution is 0.379. The summed E-state index contributed by atoms with van der Waals surface area (Å²) >= 11 is 0. The summed E-state index contributed by atoms with van der Waals surface area (Å²) < 4.78 is 0. The first-order valence-electron chi connectivity index (χ1n) is 8.92. The first kappa shape index (κ1) is 18.8. The number of hydrogen-bond donors (Lipinski definition) is 2. The Kier molecular flexibility index (Phi) is 6.19. The van der Waals surface area contributed by atoms with Crippen LogP contribution in [0.15, 0.2) is 59.7 Å². The van der Waals surface area contributed by atoms with Crippen LogP contribution < -0.4 is 5.32 Å². The predicted molar refractivity (Wildman–Crippen MR) is 119 cm³/mol. The molecule has 136 valence electrons. The first-order valence-corrected chi connectivity index (χ1v) is 8.92. The van der Waals surface area contributed by atoms with Crippen molar-refractivity contribution in [1.82, 2.24) is 15.2 Å². The molecule has 0 saturated heterocycles. The summed E-state index contributed by atoms with van der Waals surface area (Å²) in [4.78, 5) is 10.2. The highest BCUT2D eigenvalue weighted by Gasteiger charge is 2.18. The molecule has 5 heteroatoms. The van der Waals surface area contributed by atoms with Crippen molar-refractivity contribution >= 4 is 40.8 Å². The van der Waals surface area contributed by atoms with Crippen molar-refractivity contribution < 1.29 is 0 Å². The molecule has 0 amide bonds. The molecule has 0 unspecified atom stereocenters. The molecule has 0 aliphatic carbocycles. The largest absolute Gasteiger partial charge is 0.361 e. The Morgan fingerprint density at radius 2 is 1.88 bits per heavy atom. The van der Waals surface area contributed by atoms with E-state index in [4.69, 9.17) is 0 Å². The van der Waals surface area contributed by atoms with Crippen LogP contribution in [0.2, 0.25) is 0 Å². The fourth-order valence-electron chi connectivity index (χ4n) is 3.66. The van der Waals surface area contributed by atoms with E-state index in [9.17, 15) is 0 Å². The Morgan fingerprint density at radius 3 is 2.73 bits per heavy atom. The quantitative estimate of drug-likeness (QED) is 0.353. The molecule has 0 atom stereocenters. The van der Waals surface area contributed by atoms with E-state index in [0.29, 0.717) is 0 Å². The maximum atomic E-state index is 4.49. The number of H-pyrrole nitrogens is 1. The molecular weight excluding hydrogens is 435 g/mol. The number of aromatic nitrogens is 1. The Labute approximate surface area is 171 Å². The summed E-state index contributed by atoms with van der Waals surface area (Å²) in [7, 11) is 1.87. The second kappa shape index (κ2) is 8.58. The van der Waals surface area contributed by atoms with E-state index in [2.05, 4.69) is 74.9 Å². The number of halogens is 1. The van der Waals surface area contributed by atoms with Gasteiger partial charge in [-0.3, -0.25) is 4.99 Å². The number of para-hydroxylation sites is 1. The van der Waals surface area contributed by atoms with Crippen LogP contribution in [0.4, 0.5) is 0 Å². The van der Waals surface area contributed by atoms with Gasteiger partial charge in [0.05, 0.1) is 0 Å². The third kappa shape index (κ3) is 3.87. The fourth-order valence-corrected chi connectivity index (χ4v) is 3.66. The molecular formula is C21H25IN4. The molecule has 1 aliphatic rings. The van der Waals surface area contributed by atoms with Gasteiger partial charge in [-0.2, -0.15) is 0 Å². The van der Waals surface area contributed by atoms with Gasteiger partial charge in [0.2, 0.25) is 0 Å². The molecule has 4 rings (SSSR count). The fraction of sp³-hybridized carbons (Fsp3) is 0.286. The SMILES string of the molecule is CN=C(NCCc1c[nH]c2ccccc12)N1CCc2ccccc2C1.I. The highest BCUT2D eigenvalue weighted by Crippen LogP contribution is 2.19. The van der Waals surface area contributed by atoms with Crippen molar-refractivity contribution in [3.05, 3.63) is 71.4 Å². The van der Waals surface area contributed by atoms with Crippen molar-refractivity contribution in [2.75, 3.05) is 20.1 Å². The van der Waals surface area contributed by atoms with Gasteiger partial charge in [-0.25, -0.2) is 0 Å². The smallest absolute Gasteiger partial charge is 0.193 e. The van der Waals surface area contributed by atoms with Crippen LogP contribution in [0.3, 0.4) is 0 Å². The van der Waals surface area contributed by atoms with E-state index in [-0.39, 0.29) is 24.0 Å². The zero-order valence-corrected chi connectivity index (χ0v) is 17.4. The standard InChI is InChI=1S/C21H24N4.HI/c1-22-21(25-13-11-16-6-2-3-7-18(16)15-25)23-12-10-17-14-24-20-9-5-4-8-19(17)20;/h2-9,14,24H,10-13,15H2,1H3,(H,22,23);1H. The van der Waals surface area contributed by atoms with Crippen LogP contribution in [0.1, 0.15) is 16.7 Å². The van der Waals surface area contributed by atoms with Crippen LogP contribution in [0.25, 0.3) is 10.9 Å². The number of fused-ring (bicyclic) bond motifs is 2. The Morgan fingerprint density at radius 1 is 1.12 bits per heavy atom. The minimum absolute atomic E-state index is 0. The monoisotopic (exact) mass is 460 g/mol. The van der Waals surface area contributed by atoms with Crippen molar-refractivity contribution in [2.45, 2.75) is 19.4 Å². The minimum Gasteiger partial charge on any atom is -0.361 e. The molecule has 1 aliphatic heterocycles. The average molecular weight is 460 g/mol. The summed E-state index contributed by atoms with van der Waals surface area (Å²) in [5.74, 6) is 0.995. The summed E-state index contributed by atoms with van der Waals surface area (Å²) in [6.07, 6.45) is 4.18. The van der Waals surface area contributed by atoms with Gasteiger partial charge in [0.1, 0.15) is 0 Å². The van der Waals surface area contributed by atoms with Crippen molar-refractivity contribution in [1.29, 1.82) is 0 Å². The molecule has 2 heterocycles. The van der Waals surface area contributed by atoms with Crippen molar-refractivity contribution in [3.63, 3.8) is 0 Å². The number of nitrogens with zero attached hydrogens (tertiary/aromatic N) is 2. The molecule has 0 radical (unpaired) electrons. The van der Waals surface area contributed by atoms with Gasteiger partial charge in [0.15, 0.2) is 5.96 Å². The van der Waals surface area contributed by atoms with Gasteiger partial charge in [0.25, 0.3) is 0 Å². The number of hydrogen-bond acceptors (Lipinski definition) is 1. The molecule has 1 aromatic heterocycles. The Hall–Kier alpha value is -2.02. The lowest BCUT2D eigenvalue weighted by Crippen LogP contribution is -2.44. The van der Waals surface area contributed by atoms with E-state index in [1.165, 1.54) is 27.6 Å². The number of rotatable bonds is 3. The van der Waals surface area contributed by atoms with E-state index < -0.39 is 0 Å². The highest BCUT2D eigenvalue weighted by molar-refractivity contribution is 14.0. The Balaban J connectivity index is 0.00000196. The molecule has 2 N–H and O–H groups in total. The third-order valence-corrected chi connectivity index (χ3v) is 4.99. The predicted octanol–water partition coefficient (Wildman–Crippen LogP) is 3.96. The lowest BCUT2D eigenvalue weighted by Gasteiger charge is -2.31. The van der Waals surface area contributed by atoms with Crippen molar-refractivity contribution in [2.24, 2.45) is 4.99 Å². The molecule has 26 heavy (non-hydrogen) atoms. The van der Waals surface area contributed by atoms with E-state index >= 15 is 0 Å². The summed E-state index contributed by atoms with van der Waals surface area (Å²) in [5.41, 5.74) is 5.43. The van der Waals surface area contributed by atoms with Crippen molar-refractivity contribution in [3.8, 4) is 0 Å². The summed E-state index contributed by atoms with van der Waals surface area (Å²) in [6.45, 7) is 2.83. The van der Waals surface area contributed by atoms with E-state index in [1.54, 1.807) is 0 Å². The first-order chi connectivity index (χ1) is 12.3. The van der Waals surface area contributed by atoms with E-state index in [0.717, 1.165) is 38.4 Å². The van der Waals surface area contributed by atoms with E-state index in [1.807, 2.05) is 7.05 Å². The van der Waals surface area contributed by atoms with Gasteiger partial charge in [0, 0.05) is 43.8 Å². The molecule has 0 spiro atoms. The van der Waals surface area contributed by atoms with Crippen LogP contribution in [-0.4, -0.2) is 36.0 Å². The maximum Gasteiger partial charge on any atom is 0.193 e. The second-order valence-electron chi connectivity index (χ2n) is 6.52. The Bertz CT molecular complexity index is 900. The molecule has 3 aromatic rings. The van der Waals surface area contributed by atoms with Crippen LogP contribution in [-0.2, 0) is 19.4 Å². The van der Waals surface area contributed by atoms with Gasteiger partial charge in [-0.05, 0) is 35.6 Å². The molecule has 0 fully saturated rings. The van der Waals surface area contributed by atoms with Gasteiger partial charge < -0.3 is 15.2 Å². The topological polar surface area (TPSA) is 43.4 Å². The summed E-state index contributed by atoms with van der Waals surface area (Å²) in [5, 5.41) is 4.85. The van der Waals surface area contributed by atoms with Gasteiger partial charge in [-0.15, -0.1) is 24.0 Å². The number of aliphatic imine (C=N–C) groups is 1.